The van der Waals surface area contributed by atoms with Gasteiger partial charge in [-0.3, -0.25) is 0 Å². The number of rotatable bonds is 6. The molecule has 2 aliphatic heterocycles. The van der Waals surface area contributed by atoms with Crippen LogP contribution in [-0.2, 0) is 21.5 Å². The second-order valence-electron chi connectivity index (χ2n) is 6.03. The number of nitrogens with zero attached hydrogens (tertiary/aromatic N) is 2. The molecule has 0 N–H and O–H groups in total. The lowest BCUT2D eigenvalue weighted by atomic mass is 10.2. The van der Waals surface area contributed by atoms with Crippen molar-refractivity contribution in [3.8, 4) is 0 Å². The van der Waals surface area contributed by atoms with Gasteiger partial charge < -0.3 is 4.74 Å². The van der Waals surface area contributed by atoms with Gasteiger partial charge in [-0.1, -0.05) is 6.42 Å². The molecule has 1 atom stereocenters. The molecule has 7 heteroatoms. The lowest BCUT2D eigenvalue weighted by Crippen LogP contribution is -2.47. The van der Waals surface area contributed by atoms with Crippen LogP contribution in [0.2, 0.25) is 0 Å². The molecule has 0 aliphatic carbocycles. The van der Waals surface area contributed by atoms with E-state index in [4.69, 9.17) is 4.74 Å². The van der Waals surface area contributed by atoms with E-state index in [1.165, 1.54) is 0 Å². The zero-order valence-electron chi connectivity index (χ0n) is 12.8. The van der Waals surface area contributed by atoms with Crippen molar-refractivity contribution < 1.29 is 13.2 Å². The van der Waals surface area contributed by atoms with Crippen LogP contribution in [-0.4, -0.2) is 49.4 Å². The van der Waals surface area contributed by atoms with Gasteiger partial charge in [0.05, 0.1) is 6.10 Å². The van der Waals surface area contributed by atoms with E-state index in [1.807, 2.05) is 16.8 Å². The molecular weight excluding hydrogens is 320 g/mol. The third kappa shape index (κ3) is 3.89. The van der Waals surface area contributed by atoms with Crippen LogP contribution in [0.25, 0.3) is 0 Å². The van der Waals surface area contributed by atoms with E-state index in [1.54, 1.807) is 19.9 Å². The van der Waals surface area contributed by atoms with Crippen LogP contribution in [0.5, 0.6) is 0 Å². The molecule has 3 heterocycles. The second kappa shape index (κ2) is 7.40. The molecule has 1 aromatic rings. The van der Waals surface area contributed by atoms with Crippen LogP contribution in [0.3, 0.4) is 0 Å². The summed E-state index contributed by atoms with van der Waals surface area (Å²) in [5.41, 5.74) is 1.06. The van der Waals surface area contributed by atoms with E-state index in [0.717, 1.165) is 44.3 Å². The minimum absolute atomic E-state index is 0.0400. The normalized spacial score (nSPS) is 24.1. The highest BCUT2D eigenvalue weighted by atomic mass is 32.2. The van der Waals surface area contributed by atoms with Gasteiger partial charge in [0, 0.05) is 32.8 Å². The molecule has 2 saturated heterocycles. The summed E-state index contributed by atoms with van der Waals surface area (Å²) in [4.78, 5) is 0. The van der Waals surface area contributed by atoms with Gasteiger partial charge >= 0.3 is 0 Å². The summed E-state index contributed by atoms with van der Waals surface area (Å²) < 4.78 is 34.9. The predicted octanol–water partition coefficient (Wildman–Crippen LogP) is 2.46. The molecule has 124 valence electrons. The molecule has 2 aliphatic rings. The van der Waals surface area contributed by atoms with Crippen molar-refractivity contribution in [2.24, 2.45) is 0 Å². The number of piperidine rings is 1. The van der Waals surface area contributed by atoms with Crippen LogP contribution in [0.1, 0.15) is 37.7 Å². The number of hydrogen-bond donors (Lipinski definition) is 0. The summed E-state index contributed by atoms with van der Waals surface area (Å²) in [6, 6.07) is 2.00. The first-order valence-electron chi connectivity index (χ1n) is 8.04. The Balaban J connectivity index is 1.75. The first-order valence-corrected chi connectivity index (χ1v) is 10.4. The van der Waals surface area contributed by atoms with Crippen molar-refractivity contribution in [2.75, 3.05) is 26.2 Å². The Bertz CT molecular complexity index is 547. The molecular formula is C15H24N2O3S2. The zero-order chi connectivity index (χ0) is 15.4. The van der Waals surface area contributed by atoms with Gasteiger partial charge in [0.1, 0.15) is 0 Å². The van der Waals surface area contributed by atoms with Gasteiger partial charge in [0.2, 0.25) is 0 Å². The summed E-state index contributed by atoms with van der Waals surface area (Å²) in [5, 5.41) is 4.02. The Labute approximate surface area is 137 Å². The highest BCUT2D eigenvalue weighted by Crippen LogP contribution is 2.22. The smallest absolute Gasteiger partial charge is 0.282 e. The summed E-state index contributed by atoms with van der Waals surface area (Å²) >= 11 is 1.60. The molecule has 0 radical (unpaired) electrons. The summed E-state index contributed by atoms with van der Waals surface area (Å²) in [7, 11) is -3.40. The second-order valence-corrected chi connectivity index (χ2v) is 8.74. The maximum atomic E-state index is 13.0. The minimum atomic E-state index is -3.40. The Morgan fingerprint density at radius 3 is 2.73 bits per heavy atom. The average molecular weight is 345 g/mol. The molecule has 5 nitrogen and oxygen atoms in total. The molecule has 1 unspecified atom stereocenters. The van der Waals surface area contributed by atoms with Gasteiger partial charge in [-0.25, -0.2) is 0 Å². The van der Waals surface area contributed by atoms with E-state index in [-0.39, 0.29) is 6.10 Å². The maximum Gasteiger partial charge on any atom is 0.282 e. The topological polar surface area (TPSA) is 49.9 Å². The number of hydrogen-bond acceptors (Lipinski definition) is 4. The molecule has 0 amide bonds. The van der Waals surface area contributed by atoms with E-state index in [9.17, 15) is 8.42 Å². The number of ether oxygens (including phenoxy) is 1. The van der Waals surface area contributed by atoms with Gasteiger partial charge in [-0.05, 0) is 48.1 Å². The van der Waals surface area contributed by atoms with Crippen LogP contribution in [0.15, 0.2) is 16.8 Å². The standard InChI is InChI=1S/C15H24N2O3S2/c18-22(19,16-7-2-1-3-8-16)17(11-14-6-10-21-13-14)12-15-5-4-9-20-15/h6,10,13,15H,1-5,7-9,11-12H2. The molecule has 1 aromatic heterocycles. The van der Waals surface area contributed by atoms with Crippen molar-refractivity contribution in [2.45, 2.75) is 44.8 Å². The fourth-order valence-corrected chi connectivity index (χ4v) is 5.47. The third-order valence-electron chi connectivity index (χ3n) is 4.34. The lowest BCUT2D eigenvalue weighted by molar-refractivity contribution is 0.0906. The SMILES string of the molecule is O=S(=O)(N1CCCCC1)N(Cc1ccsc1)CC1CCCO1. The van der Waals surface area contributed by atoms with Crippen molar-refractivity contribution in [1.29, 1.82) is 0 Å². The lowest BCUT2D eigenvalue weighted by Gasteiger charge is -2.33. The van der Waals surface area contributed by atoms with Crippen molar-refractivity contribution >= 4 is 21.5 Å². The summed E-state index contributed by atoms with van der Waals surface area (Å²) in [6.45, 7) is 2.96. The summed E-state index contributed by atoms with van der Waals surface area (Å²) in [6.07, 6.45) is 5.08. The zero-order valence-corrected chi connectivity index (χ0v) is 14.4. The van der Waals surface area contributed by atoms with Crippen LogP contribution in [0, 0.1) is 0 Å². The van der Waals surface area contributed by atoms with E-state index < -0.39 is 10.2 Å². The molecule has 0 aromatic carbocycles. The quantitative estimate of drug-likeness (QED) is 0.796. The largest absolute Gasteiger partial charge is 0.377 e. The highest BCUT2D eigenvalue weighted by Gasteiger charge is 2.33. The van der Waals surface area contributed by atoms with Crippen LogP contribution in [0.4, 0.5) is 0 Å². The van der Waals surface area contributed by atoms with Crippen LogP contribution < -0.4 is 0 Å². The Kier molecular flexibility index (Phi) is 5.51. The molecule has 3 rings (SSSR count). The van der Waals surface area contributed by atoms with E-state index in [2.05, 4.69) is 0 Å². The minimum Gasteiger partial charge on any atom is -0.377 e. The Morgan fingerprint density at radius 1 is 1.27 bits per heavy atom. The van der Waals surface area contributed by atoms with Gasteiger partial charge in [0.25, 0.3) is 10.2 Å². The summed E-state index contributed by atoms with van der Waals surface area (Å²) in [5.74, 6) is 0. The Hall–Kier alpha value is -0.470. The van der Waals surface area contributed by atoms with Crippen molar-refractivity contribution in [3.05, 3.63) is 22.4 Å². The molecule has 2 fully saturated rings. The fourth-order valence-electron chi connectivity index (χ4n) is 3.10. The maximum absolute atomic E-state index is 13.0. The van der Waals surface area contributed by atoms with Gasteiger partial charge in [-0.2, -0.15) is 28.4 Å². The average Bonchev–Trinajstić information content (AvgIpc) is 3.21. The first-order chi connectivity index (χ1) is 10.7. The molecule has 22 heavy (non-hydrogen) atoms. The van der Waals surface area contributed by atoms with E-state index >= 15 is 0 Å². The van der Waals surface area contributed by atoms with Crippen molar-refractivity contribution in [3.63, 3.8) is 0 Å². The highest BCUT2D eigenvalue weighted by molar-refractivity contribution is 7.86. The van der Waals surface area contributed by atoms with Gasteiger partial charge in [-0.15, -0.1) is 0 Å². The van der Waals surface area contributed by atoms with Gasteiger partial charge in [0.15, 0.2) is 0 Å². The van der Waals surface area contributed by atoms with E-state index in [0.29, 0.717) is 26.2 Å². The number of thiophene rings is 1. The fraction of sp³-hybridized carbons (Fsp3) is 0.733. The van der Waals surface area contributed by atoms with Crippen molar-refractivity contribution in [1.82, 2.24) is 8.61 Å². The molecule has 0 spiro atoms. The molecule has 0 bridgehead atoms. The predicted molar refractivity (Wildman–Crippen MR) is 88.0 cm³/mol. The third-order valence-corrected chi connectivity index (χ3v) is 7.02. The monoisotopic (exact) mass is 344 g/mol. The first kappa shape index (κ1) is 16.4. The van der Waals surface area contributed by atoms with Crippen LogP contribution >= 0.6 is 11.3 Å². The Morgan fingerprint density at radius 2 is 2.09 bits per heavy atom. The molecule has 0 saturated carbocycles.